The summed E-state index contributed by atoms with van der Waals surface area (Å²) in [4.78, 5) is 24.6. The first-order chi connectivity index (χ1) is 14.1. The molecule has 6 nitrogen and oxygen atoms in total. The minimum absolute atomic E-state index is 0.0492. The van der Waals surface area contributed by atoms with Crippen LogP contribution < -0.4 is 10.6 Å². The number of hydrogen-bond acceptors (Lipinski definition) is 5. The van der Waals surface area contributed by atoms with Crippen LogP contribution in [-0.4, -0.2) is 36.7 Å². The lowest BCUT2D eigenvalue weighted by Crippen LogP contribution is -2.31. The third-order valence-corrected chi connectivity index (χ3v) is 5.16. The number of amides is 1. The van der Waals surface area contributed by atoms with E-state index >= 15 is 0 Å². The molecule has 2 aromatic carbocycles. The molecule has 0 radical (unpaired) electrons. The van der Waals surface area contributed by atoms with Crippen LogP contribution in [0.4, 0.5) is 5.69 Å². The van der Waals surface area contributed by atoms with E-state index in [1.165, 1.54) is 24.0 Å². The Kier molecular flexibility index (Phi) is 7.25. The summed E-state index contributed by atoms with van der Waals surface area (Å²) in [7, 11) is 0. The van der Waals surface area contributed by atoms with Gasteiger partial charge in [0.05, 0.1) is 18.2 Å². The molecule has 0 saturated carbocycles. The van der Waals surface area contributed by atoms with Crippen molar-refractivity contribution in [2.45, 2.75) is 38.6 Å². The predicted molar refractivity (Wildman–Crippen MR) is 112 cm³/mol. The average molecular weight is 396 g/mol. The molecule has 0 aliphatic heterocycles. The van der Waals surface area contributed by atoms with Crippen molar-refractivity contribution < 1.29 is 19.4 Å². The zero-order valence-corrected chi connectivity index (χ0v) is 16.7. The second kappa shape index (κ2) is 10.1. The number of carbonyl (C=O) groups excluding carboxylic acids is 2. The lowest BCUT2D eigenvalue weighted by molar-refractivity contribution is -0.124. The van der Waals surface area contributed by atoms with E-state index in [1.54, 1.807) is 24.3 Å². The highest BCUT2D eigenvalue weighted by Gasteiger charge is 2.17. The largest absolute Gasteiger partial charge is 0.452 e. The highest BCUT2D eigenvalue weighted by Crippen LogP contribution is 2.24. The molecule has 154 valence electrons. The Bertz CT molecular complexity index is 866. The van der Waals surface area contributed by atoms with Crippen molar-refractivity contribution in [2.75, 3.05) is 25.1 Å². The van der Waals surface area contributed by atoms with Crippen molar-refractivity contribution in [3.05, 3.63) is 64.7 Å². The molecule has 0 fully saturated rings. The Morgan fingerprint density at radius 1 is 1.10 bits per heavy atom. The molecule has 3 N–H and O–H groups in total. The van der Waals surface area contributed by atoms with Gasteiger partial charge in [0, 0.05) is 12.2 Å². The van der Waals surface area contributed by atoms with Crippen LogP contribution in [0.15, 0.2) is 42.5 Å². The summed E-state index contributed by atoms with van der Waals surface area (Å²) in [5.41, 5.74) is 4.73. The Hall–Kier alpha value is -2.86. The average Bonchev–Trinajstić information content (AvgIpc) is 2.75. The first-order valence-electron chi connectivity index (χ1n) is 10.1. The number of ether oxygens (including phenoxy) is 1. The summed E-state index contributed by atoms with van der Waals surface area (Å²) in [6.07, 6.45) is 4.66. The van der Waals surface area contributed by atoms with Gasteiger partial charge in [0.2, 0.25) is 0 Å². The molecule has 1 aliphatic rings. The molecule has 0 aromatic heterocycles. The summed E-state index contributed by atoms with van der Waals surface area (Å²) < 4.78 is 5.18. The number of rotatable bonds is 8. The molecule has 3 rings (SSSR count). The van der Waals surface area contributed by atoms with E-state index in [0.717, 1.165) is 18.4 Å². The zero-order valence-electron chi connectivity index (χ0n) is 16.7. The maximum absolute atomic E-state index is 12.3. The van der Waals surface area contributed by atoms with Crippen LogP contribution in [0, 0.1) is 0 Å². The standard InChI is InChI=1S/C23H28N2O4/c1-16(18-11-10-17-6-2-3-7-19(17)14-18)25-22(27)15-29-23(28)20-8-4-5-9-21(20)24-12-13-26/h4-5,8-11,14,16,24,26H,2-3,6-7,12-13,15H2,1H3,(H,25,27)/t16-/m1/s1. The van der Waals surface area contributed by atoms with E-state index in [1.807, 2.05) is 6.92 Å². The van der Waals surface area contributed by atoms with Gasteiger partial charge in [-0.1, -0.05) is 30.3 Å². The molecule has 6 heteroatoms. The van der Waals surface area contributed by atoms with Gasteiger partial charge in [-0.3, -0.25) is 4.79 Å². The molecule has 0 heterocycles. The van der Waals surface area contributed by atoms with Crippen molar-refractivity contribution in [3.8, 4) is 0 Å². The van der Waals surface area contributed by atoms with Crippen LogP contribution in [0.25, 0.3) is 0 Å². The fraction of sp³-hybridized carbons (Fsp3) is 0.391. The number of aliphatic hydroxyl groups excluding tert-OH is 1. The fourth-order valence-corrected chi connectivity index (χ4v) is 3.60. The molecule has 0 saturated heterocycles. The monoisotopic (exact) mass is 396 g/mol. The molecule has 1 atom stereocenters. The lowest BCUT2D eigenvalue weighted by Gasteiger charge is -2.20. The number of carbonyl (C=O) groups is 2. The topological polar surface area (TPSA) is 87.7 Å². The van der Waals surface area contributed by atoms with Gasteiger partial charge < -0.3 is 20.5 Å². The van der Waals surface area contributed by atoms with Crippen LogP contribution in [0.2, 0.25) is 0 Å². The maximum atomic E-state index is 12.3. The summed E-state index contributed by atoms with van der Waals surface area (Å²) in [6, 6.07) is 13.1. The summed E-state index contributed by atoms with van der Waals surface area (Å²) in [6.45, 7) is 1.86. The summed E-state index contributed by atoms with van der Waals surface area (Å²) in [5, 5.41) is 14.8. The summed E-state index contributed by atoms with van der Waals surface area (Å²) >= 11 is 0. The van der Waals surface area contributed by atoms with E-state index in [-0.39, 0.29) is 25.2 Å². The number of para-hydroxylation sites is 1. The van der Waals surface area contributed by atoms with Crippen LogP contribution >= 0.6 is 0 Å². The first kappa shape index (κ1) is 20.9. The molecule has 0 spiro atoms. The highest BCUT2D eigenvalue weighted by molar-refractivity contribution is 5.96. The lowest BCUT2D eigenvalue weighted by atomic mass is 9.89. The SMILES string of the molecule is C[C@@H](NC(=O)COC(=O)c1ccccc1NCCO)c1ccc2c(c1)CCCC2. The molecular weight excluding hydrogens is 368 g/mol. The predicted octanol–water partition coefficient (Wildman–Crippen LogP) is 3.00. The number of aryl methyl sites for hydroxylation is 2. The van der Waals surface area contributed by atoms with Crippen LogP contribution in [0.5, 0.6) is 0 Å². The zero-order chi connectivity index (χ0) is 20.6. The van der Waals surface area contributed by atoms with Crippen molar-refractivity contribution in [1.29, 1.82) is 0 Å². The fourth-order valence-electron chi connectivity index (χ4n) is 3.60. The Labute approximate surface area is 171 Å². The van der Waals surface area contributed by atoms with E-state index < -0.39 is 5.97 Å². The number of hydrogen-bond donors (Lipinski definition) is 3. The van der Waals surface area contributed by atoms with E-state index in [9.17, 15) is 9.59 Å². The van der Waals surface area contributed by atoms with Crippen LogP contribution in [0.3, 0.4) is 0 Å². The van der Waals surface area contributed by atoms with E-state index in [4.69, 9.17) is 9.84 Å². The van der Waals surface area contributed by atoms with Crippen molar-refractivity contribution in [2.24, 2.45) is 0 Å². The van der Waals surface area contributed by atoms with E-state index in [2.05, 4.69) is 28.8 Å². The first-order valence-corrected chi connectivity index (χ1v) is 10.1. The second-order valence-electron chi connectivity index (χ2n) is 7.30. The van der Waals surface area contributed by atoms with Gasteiger partial charge in [0.15, 0.2) is 6.61 Å². The number of nitrogens with one attached hydrogen (secondary N) is 2. The quantitative estimate of drug-likeness (QED) is 0.597. The highest BCUT2D eigenvalue weighted by atomic mass is 16.5. The van der Waals surface area contributed by atoms with Crippen molar-refractivity contribution in [3.63, 3.8) is 0 Å². The molecule has 1 aliphatic carbocycles. The van der Waals surface area contributed by atoms with Gasteiger partial charge in [0.25, 0.3) is 5.91 Å². The molecular formula is C23H28N2O4. The van der Waals surface area contributed by atoms with Crippen molar-refractivity contribution >= 4 is 17.6 Å². The normalized spacial score (nSPS) is 13.9. The molecule has 2 aromatic rings. The molecule has 0 bridgehead atoms. The van der Waals surface area contributed by atoms with Gasteiger partial charge in [0.1, 0.15) is 0 Å². The third kappa shape index (κ3) is 5.57. The van der Waals surface area contributed by atoms with Gasteiger partial charge in [-0.2, -0.15) is 0 Å². The number of esters is 1. The number of fused-ring (bicyclic) bond motifs is 1. The van der Waals surface area contributed by atoms with Crippen LogP contribution in [-0.2, 0) is 22.4 Å². The van der Waals surface area contributed by atoms with Crippen molar-refractivity contribution in [1.82, 2.24) is 5.32 Å². The van der Waals surface area contributed by atoms with Gasteiger partial charge >= 0.3 is 5.97 Å². The van der Waals surface area contributed by atoms with Crippen LogP contribution in [0.1, 0.15) is 52.9 Å². The van der Waals surface area contributed by atoms with Gasteiger partial charge in [-0.05, 0) is 61.4 Å². The van der Waals surface area contributed by atoms with Gasteiger partial charge in [-0.15, -0.1) is 0 Å². The van der Waals surface area contributed by atoms with Gasteiger partial charge in [-0.25, -0.2) is 4.79 Å². The number of aliphatic hydroxyl groups is 1. The minimum atomic E-state index is -0.581. The molecule has 29 heavy (non-hydrogen) atoms. The Balaban J connectivity index is 1.54. The smallest absolute Gasteiger partial charge is 0.340 e. The Morgan fingerprint density at radius 3 is 2.66 bits per heavy atom. The number of benzene rings is 2. The maximum Gasteiger partial charge on any atom is 0.340 e. The van der Waals surface area contributed by atoms with E-state index in [0.29, 0.717) is 17.8 Å². The summed E-state index contributed by atoms with van der Waals surface area (Å²) in [5.74, 6) is -0.924. The number of anilines is 1. The molecule has 1 amide bonds. The molecule has 0 unspecified atom stereocenters. The Morgan fingerprint density at radius 2 is 1.86 bits per heavy atom. The second-order valence-corrected chi connectivity index (χ2v) is 7.30. The minimum Gasteiger partial charge on any atom is -0.452 e. The third-order valence-electron chi connectivity index (χ3n) is 5.16.